The smallest absolute Gasteiger partial charge is 0.237 e. The lowest BCUT2D eigenvalue weighted by molar-refractivity contribution is -0.120. The van der Waals surface area contributed by atoms with E-state index in [1.54, 1.807) is 18.7 Å². The van der Waals surface area contributed by atoms with Crippen LogP contribution in [0.2, 0.25) is 0 Å². The normalized spacial score (nSPS) is 12.7. The van der Waals surface area contributed by atoms with Crippen molar-refractivity contribution in [2.75, 3.05) is 18.6 Å². The van der Waals surface area contributed by atoms with Gasteiger partial charge in [-0.25, -0.2) is 0 Å². The average Bonchev–Trinajstić information content (AvgIpc) is 1.88. The fourth-order valence-electron chi connectivity index (χ4n) is 0.417. The molecule has 0 bridgehead atoms. The van der Waals surface area contributed by atoms with E-state index in [2.05, 4.69) is 5.32 Å². The average molecular weight is 182 g/mol. The number of halogens is 1. The molecular formula is C6H12ClNOS. The summed E-state index contributed by atoms with van der Waals surface area (Å²) in [7, 11) is 0. The highest BCUT2D eigenvalue weighted by Crippen LogP contribution is 1.93. The summed E-state index contributed by atoms with van der Waals surface area (Å²) in [5, 5.41) is 2.28. The van der Waals surface area contributed by atoms with Gasteiger partial charge in [-0.3, -0.25) is 4.79 Å². The summed E-state index contributed by atoms with van der Waals surface area (Å²) in [6.07, 6.45) is 2.00. The van der Waals surface area contributed by atoms with Crippen molar-refractivity contribution in [3.8, 4) is 0 Å². The number of amides is 1. The Bertz CT molecular complexity index is 108. The molecule has 4 heteroatoms. The lowest BCUT2D eigenvalue weighted by Gasteiger charge is -2.03. The summed E-state index contributed by atoms with van der Waals surface area (Å²) in [5.41, 5.74) is 0. The van der Waals surface area contributed by atoms with Gasteiger partial charge in [-0.05, 0) is 13.2 Å². The number of hydrogen-bond donors (Lipinski definition) is 1. The first-order valence-corrected chi connectivity index (χ1v) is 4.92. The van der Waals surface area contributed by atoms with Gasteiger partial charge in [0.05, 0.1) is 0 Å². The maximum atomic E-state index is 10.8. The molecule has 1 amide bonds. The lowest BCUT2D eigenvalue weighted by atomic mass is 10.4. The summed E-state index contributed by atoms with van der Waals surface area (Å²) < 4.78 is 0. The second kappa shape index (κ2) is 5.86. The predicted octanol–water partition coefficient (Wildman–Crippen LogP) is 1.09. The summed E-state index contributed by atoms with van der Waals surface area (Å²) in [4.78, 5) is 10.8. The largest absolute Gasteiger partial charge is 0.354 e. The van der Waals surface area contributed by atoms with Crippen molar-refractivity contribution in [2.45, 2.75) is 12.3 Å². The van der Waals surface area contributed by atoms with Gasteiger partial charge >= 0.3 is 0 Å². The van der Waals surface area contributed by atoms with Crippen molar-refractivity contribution in [3.05, 3.63) is 0 Å². The highest BCUT2D eigenvalue weighted by molar-refractivity contribution is 7.98. The molecule has 60 valence electrons. The molecule has 0 fully saturated rings. The maximum absolute atomic E-state index is 10.8. The van der Waals surface area contributed by atoms with E-state index in [9.17, 15) is 4.79 Å². The van der Waals surface area contributed by atoms with E-state index in [1.165, 1.54) is 0 Å². The molecule has 10 heavy (non-hydrogen) atoms. The molecule has 0 aromatic carbocycles. The van der Waals surface area contributed by atoms with Crippen LogP contribution in [0.25, 0.3) is 0 Å². The van der Waals surface area contributed by atoms with Gasteiger partial charge in [0.15, 0.2) is 0 Å². The number of hydrogen-bond acceptors (Lipinski definition) is 2. The van der Waals surface area contributed by atoms with E-state index in [0.29, 0.717) is 6.54 Å². The standard InChI is InChI=1S/C6H12ClNOS/c1-5(7)6(9)8-3-4-10-2/h5H,3-4H2,1-2H3,(H,8,9). The van der Waals surface area contributed by atoms with Crippen molar-refractivity contribution in [2.24, 2.45) is 0 Å². The van der Waals surface area contributed by atoms with Crippen LogP contribution in [0.15, 0.2) is 0 Å². The van der Waals surface area contributed by atoms with E-state index < -0.39 is 5.38 Å². The van der Waals surface area contributed by atoms with Gasteiger partial charge in [-0.15, -0.1) is 11.6 Å². The van der Waals surface area contributed by atoms with Crippen molar-refractivity contribution in [1.82, 2.24) is 5.32 Å². The van der Waals surface area contributed by atoms with Crippen LogP contribution in [0.1, 0.15) is 6.92 Å². The molecule has 0 aromatic heterocycles. The zero-order chi connectivity index (χ0) is 7.98. The fourth-order valence-corrected chi connectivity index (χ4v) is 0.800. The van der Waals surface area contributed by atoms with Gasteiger partial charge < -0.3 is 5.32 Å². The van der Waals surface area contributed by atoms with Crippen molar-refractivity contribution >= 4 is 29.3 Å². The van der Waals surface area contributed by atoms with Crippen molar-refractivity contribution in [3.63, 3.8) is 0 Å². The van der Waals surface area contributed by atoms with Gasteiger partial charge in [-0.2, -0.15) is 11.8 Å². The van der Waals surface area contributed by atoms with E-state index >= 15 is 0 Å². The molecule has 1 unspecified atom stereocenters. The Morgan fingerprint density at radius 1 is 1.80 bits per heavy atom. The first-order valence-electron chi connectivity index (χ1n) is 3.09. The van der Waals surface area contributed by atoms with E-state index in [0.717, 1.165) is 5.75 Å². The van der Waals surface area contributed by atoms with Crippen LogP contribution in [-0.2, 0) is 4.79 Å². The Labute approximate surface area is 70.7 Å². The summed E-state index contributed by atoms with van der Waals surface area (Å²) >= 11 is 7.19. The third-order valence-corrected chi connectivity index (χ3v) is 1.78. The fraction of sp³-hybridized carbons (Fsp3) is 0.833. The SMILES string of the molecule is CSCCNC(=O)C(C)Cl. The van der Waals surface area contributed by atoms with Gasteiger partial charge in [0, 0.05) is 12.3 Å². The Balaban J connectivity index is 3.22. The molecule has 1 N–H and O–H groups in total. The molecule has 1 atom stereocenters. The molecule has 0 heterocycles. The van der Waals surface area contributed by atoms with Crippen LogP contribution < -0.4 is 5.32 Å². The lowest BCUT2D eigenvalue weighted by Crippen LogP contribution is -2.31. The molecule has 0 rings (SSSR count). The third-order valence-electron chi connectivity index (χ3n) is 0.967. The predicted molar refractivity (Wildman–Crippen MR) is 46.7 cm³/mol. The molecule has 0 spiro atoms. The van der Waals surface area contributed by atoms with Crippen molar-refractivity contribution in [1.29, 1.82) is 0 Å². The highest BCUT2D eigenvalue weighted by Gasteiger charge is 2.06. The first-order chi connectivity index (χ1) is 4.68. The Hall–Kier alpha value is 0.110. The molecule has 0 aliphatic rings. The van der Waals surface area contributed by atoms with Crippen LogP contribution in [0, 0.1) is 0 Å². The molecule has 0 aliphatic heterocycles. The van der Waals surface area contributed by atoms with E-state index in [1.807, 2.05) is 6.26 Å². The molecule has 0 aromatic rings. The molecule has 0 radical (unpaired) electrons. The van der Waals surface area contributed by atoms with Crippen LogP contribution in [-0.4, -0.2) is 29.8 Å². The molecular weight excluding hydrogens is 170 g/mol. The number of thioether (sulfide) groups is 1. The van der Waals surface area contributed by atoms with Crippen molar-refractivity contribution < 1.29 is 4.79 Å². The summed E-state index contributed by atoms with van der Waals surface area (Å²) in [5.74, 6) is 0.853. The van der Waals surface area contributed by atoms with Gasteiger partial charge in [0.1, 0.15) is 5.38 Å². The van der Waals surface area contributed by atoms with Gasteiger partial charge in [0.2, 0.25) is 5.91 Å². The third kappa shape index (κ3) is 4.94. The van der Waals surface area contributed by atoms with Crippen LogP contribution in [0.5, 0.6) is 0 Å². The highest BCUT2D eigenvalue weighted by atomic mass is 35.5. The second-order valence-electron chi connectivity index (χ2n) is 1.90. The molecule has 0 aliphatic carbocycles. The number of nitrogens with one attached hydrogen (secondary N) is 1. The summed E-state index contributed by atoms with van der Waals surface area (Å²) in [6, 6.07) is 0. The topological polar surface area (TPSA) is 29.1 Å². The number of alkyl halides is 1. The van der Waals surface area contributed by atoms with Crippen LogP contribution >= 0.6 is 23.4 Å². The Kier molecular flexibility index (Phi) is 5.93. The number of carbonyl (C=O) groups excluding carboxylic acids is 1. The minimum absolute atomic E-state index is 0.0873. The van der Waals surface area contributed by atoms with E-state index in [-0.39, 0.29) is 5.91 Å². The zero-order valence-corrected chi connectivity index (χ0v) is 7.76. The minimum atomic E-state index is -0.415. The second-order valence-corrected chi connectivity index (χ2v) is 3.54. The van der Waals surface area contributed by atoms with Gasteiger partial charge in [0.25, 0.3) is 0 Å². The molecule has 2 nitrogen and oxygen atoms in total. The Morgan fingerprint density at radius 3 is 2.80 bits per heavy atom. The molecule has 0 saturated carbocycles. The Morgan fingerprint density at radius 2 is 2.40 bits per heavy atom. The monoisotopic (exact) mass is 181 g/mol. The van der Waals surface area contributed by atoms with E-state index in [4.69, 9.17) is 11.6 Å². The quantitative estimate of drug-likeness (QED) is 0.520. The summed E-state index contributed by atoms with van der Waals surface area (Å²) in [6.45, 7) is 2.37. The first kappa shape index (κ1) is 10.1. The van der Waals surface area contributed by atoms with Crippen LogP contribution in [0.4, 0.5) is 0 Å². The zero-order valence-electron chi connectivity index (χ0n) is 6.19. The minimum Gasteiger partial charge on any atom is -0.354 e. The maximum Gasteiger partial charge on any atom is 0.237 e. The number of carbonyl (C=O) groups is 1. The van der Waals surface area contributed by atoms with Crippen LogP contribution in [0.3, 0.4) is 0 Å². The molecule has 0 saturated heterocycles. The van der Waals surface area contributed by atoms with Gasteiger partial charge in [-0.1, -0.05) is 0 Å². The number of rotatable bonds is 4.